The van der Waals surface area contributed by atoms with Crippen LogP contribution in [0.3, 0.4) is 0 Å². The van der Waals surface area contributed by atoms with Gasteiger partial charge in [-0.2, -0.15) is 0 Å². The van der Waals surface area contributed by atoms with Crippen LogP contribution >= 0.6 is 0 Å². The van der Waals surface area contributed by atoms with Gasteiger partial charge in [0.15, 0.2) is 0 Å². The van der Waals surface area contributed by atoms with E-state index in [4.69, 9.17) is 0 Å². The Hall–Kier alpha value is -0.840. The normalized spacial score (nSPS) is 13.1. The van der Waals surface area contributed by atoms with E-state index in [-0.39, 0.29) is 76.7 Å². The first-order valence-electron chi connectivity index (χ1n) is 6.12. The number of carboxylic acids is 2. The molecule has 0 aromatic carbocycles. The van der Waals surface area contributed by atoms with Crippen LogP contribution in [0.2, 0.25) is 0 Å². The van der Waals surface area contributed by atoms with Gasteiger partial charge in [0, 0.05) is 17.8 Å². The number of dihydropyridines is 1. The van der Waals surface area contributed by atoms with Crippen molar-refractivity contribution in [1.82, 2.24) is 5.32 Å². The van der Waals surface area contributed by atoms with Crippen LogP contribution in [0.15, 0.2) is 22.5 Å². The fraction of sp³-hybridized carbons (Fsp3) is 0.385. The quantitative estimate of drug-likeness (QED) is 0.362. The number of nitrogens with one attached hydrogen (secondary N) is 1. The van der Waals surface area contributed by atoms with Gasteiger partial charge in [0.1, 0.15) is 13.2 Å². The van der Waals surface area contributed by atoms with Crippen LogP contribution in [0.25, 0.3) is 0 Å². The molecular formula is C13H13NNa2O8. The molecule has 0 atom stereocenters. The van der Waals surface area contributed by atoms with Gasteiger partial charge in [-0.3, -0.25) is 0 Å². The van der Waals surface area contributed by atoms with Crippen molar-refractivity contribution in [2.45, 2.75) is 20.3 Å². The fourth-order valence-corrected chi connectivity index (χ4v) is 1.75. The fourth-order valence-electron chi connectivity index (χ4n) is 1.75. The third-order valence-corrected chi connectivity index (χ3v) is 2.77. The molecule has 0 aromatic rings. The number of aliphatic carboxylic acids is 2. The van der Waals surface area contributed by atoms with Gasteiger partial charge in [0.2, 0.25) is 0 Å². The van der Waals surface area contributed by atoms with Crippen molar-refractivity contribution in [3.8, 4) is 0 Å². The van der Waals surface area contributed by atoms with Crippen molar-refractivity contribution in [2.75, 3.05) is 13.2 Å². The largest absolute Gasteiger partial charge is 1.00 e. The molecule has 120 valence electrons. The summed E-state index contributed by atoms with van der Waals surface area (Å²) in [5, 5.41) is 23.3. The van der Waals surface area contributed by atoms with Gasteiger partial charge in [0.05, 0.1) is 23.1 Å². The molecule has 0 aromatic heterocycles. The van der Waals surface area contributed by atoms with Gasteiger partial charge in [-0.25, -0.2) is 9.59 Å². The Bertz CT molecular complexity index is 547. The van der Waals surface area contributed by atoms with Gasteiger partial charge in [0.25, 0.3) is 0 Å². The number of carboxylic acid groups (broad SMARTS) is 2. The van der Waals surface area contributed by atoms with Crippen LogP contribution in [0.1, 0.15) is 20.3 Å². The molecule has 0 fully saturated rings. The minimum Gasteiger partial charge on any atom is -0.546 e. The SMILES string of the molecule is CC1=C(C(=O)OCC(=O)[O-])CC(C(=O)OCC(=O)[O-])=C(C)N1.[Na+].[Na+]. The molecule has 0 unspecified atom stereocenters. The average Bonchev–Trinajstić information content (AvgIpc) is 2.42. The molecule has 0 radical (unpaired) electrons. The first-order chi connectivity index (χ1) is 10.2. The summed E-state index contributed by atoms with van der Waals surface area (Å²) >= 11 is 0. The molecule has 0 saturated heterocycles. The van der Waals surface area contributed by atoms with Gasteiger partial charge in [-0.05, 0) is 13.8 Å². The van der Waals surface area contributed by atoms with E-state index in [1.54, 1.807) is 13.8 Å². The van der Waals surface area contributed by atoms with Crippen molar-refractivity contribution in [3.63, 3.8) is 0 Å². The maximum Gasteiger partial charge on any atom is 1.00 e. The number of esters is 2. The number of ether oxygens (including phenoxy) is 2. The Morgan fingerprint density at radius 3 is 1.50 bits per heavy atom. The monoisotopic (exact) mass is 357 g/mol. The van der Waals surface area contributed by atoms with Crippen molar-refractivity contribution in [1.29, 1.82) is 0 Å². The Balaban J connectivity index is 0. The molecule has 1 heterocycles. The zero-order valence-corrected chi connectivity index (χ0v) is 17.9. The van der Waals surface area contributed by atoms with E-state index in [0.717, 1.165) is 0 Å². The van der Waals surface area contributed by atoms with E-state index in [0.29, 0.717) is 11.4 Å². The average molecular weight is 357 g/mol. The maximum absolute atomic E-state index is 11.8. The summed E-state index contributed by atoms with van der Waals surface area (Å²) in [5.41, 5.74) is 0.842. The van der Waals surface area contributed by atoms with Crippen LogP contribution in [-0.4, -0.2) is 37.1 Å². The number of carbonyl (C=O) groups excluding carboxylic acids is 4. The van der Waals surface area contributed by atoms with Crippen molar-refractivity contribution >= 4 is 23.9 Å². The molecule has 1 N–H and O–H groups in total. The minimum absolute atomic E-state index is 0. The molecule has 0 bridgehead atoms. The van der Waals surface area contributed by atoms with E-state index in [9.17, 15) is 29.4 Å². The summed E-state index contributed by atoms with van der Waals surface area (Å²) in [7, 11) is 0. The van der Waals surface area contributed by atoms with Crippen molar-refractivity contribution in [2.24, 2.45) is 0 Å². The number of hydrogen-bond acceptors (Lipinski definition) is 9. The van der Waals surface area contributed by atoms with Crippen molar-refractivity contribution in [3.05, 3.63) is 22.5 Å². The van der Waals surface area contributed by atoms with Crippen LogP contribution in [0, 0.1) is 0 Å². The number of carbonyl (C=O) groups is 4. The second-order valence-electron chi connectivity index (χ2n) is 4.41. The molecule has 0 aliphatic carbocycles. The summed E-state index contributed by atoms with van der Waals surface area (Å²) in [6.07, 6.45) is -0.178. The molecule has 1 aliphatic heterocycles. The maximum atomic E-state index is 11.8. The third kappa shape index (κ3) is 7.82. The van der Waals surface area contributed by atoms with Crippen molar-refractivity contribution < 1.29 is 98.0 Å². The summed E-state index contributed by atoms with van der Waals surface area (Å²) in [6.45, 7) is 1.26. The summed E-state index contributed by atoms with van der Waals surface area (Å²) in [5.74, 6) is -4.97. The van der Waals surface area contributed by atoms with E-state index in [1.165, 1.54) is 0 Å². The predicted molar refractivity (Wildman–Crippen MR) is 65.1 cm³/mol. The zero-order chi connectivity index (χ0) is 16.9. The van der Waals surface area contributed by atoms with Gasteiger partial charge < -0.3 is 34.6 Å². The van der Waals surface area contributed by atoms with E-state index >= 15 is 0 Å². The molecule has 24 heavy (non-hydrogen) atoms. The second-order valence-corrected chi connectivity index (χ2v) is 4.41. The molecule has 11 heteroatoms. The summed E-state index contributed by atoms with van der Waals surface area (Å²) in [4.78, 5) is 44.1. The molecular weight excluding hydrogens is 344 g/mol. The summed E-state index contributed by atoms with van der Waals surface area (Å²) < 4.78 is 8.99. The van der Waals surface area contributed by atoms with E-state index in [1.807, 2.05) is 0 Å². The van der Waals surface area contributed by atoms with Gasteiger partial charge in [-0.15, -0.1) is 0 Å². The smallest absolute Gasteiger partial charge is 0.546 e. The molecule has 1 aliphatic rings. The number of rotatable bonds is 6. The molecule has 0 spiro atoms. The van der Waals surface area contributed by atoms with Crippen LogP contribution < -0.4 is 74.6 Å². The zero-order valence-electron chi connectivity index (χ0n) is 13.9. The van der Waals surface area contributed by atoms with Crippen LogP contribution in [0.4, 0.5) is 0 Å². The first-order valence-corrected chi connectivity index (χ1v) is 6.12. The van der Waals surface area contributed by atoms with Gasteiger partial charge >= 0.3 is 71.1 Å². The second kappa shape index (κ2) is 11.7. The Morgan fingerprint density at radius 1 is 0.875 bits per heavy atom. The predicted octanol–water partition coefficient (Wildman–Crippen LogP) is -8.88. The third-order valence-electron chi connectivity index (χ3n) is 2.77. The number of hydrogen-bond donors (Lipinski definition) is 1. The minimum atomic E-state index is -1.56. The van der Waals surface area contributed by atoms with Gasteiger partial charge in [-0.1, -0.05) is 0 Å². The Labute approximate surface area is 182 Å². The topological polar surface area (TPSA) is 145 Å². The summed E-state index contributed by atoms with van der Waals surface area (Å²) in [6, 6.07) is 0. The Kier molecular flexibility index (Phi) is 12.3. The molecule has 0 saturated carbocycles. The van der Waals surface area contributed by atoms with E-state index in [2.05, 4.69) is 14.8 Å². The van der Waals surface area contributed by atoms with E-state index < -0.39 is 37.1 Å². The van der Waals surface area contributed by atoms with Crippen LogP contribution in [-0.2, 0) is 28.7 Å². The molecule has 9 nitrogen and oxygen atoms in total. The van der Waals surface area contributed by atoms with Crippen LogP contribution in [0.5, 0.6) is 0 Å². The standard InChI is InChI=1S/C13H15NO8.2Na/c1-6-8(12(19)21-4-10(15)16)3-9(7(2)14-6)13(20)22-5-11(17)18;;/h14H,3-5H2,1-2H3,(H,15,16)(H,17,18);;/q;2*+1/p-2. The number of allylic oxidation sites excluding steroid dienone is 2. The molecule has 0 amide bonds. The Morgan fingerprint density at radius 2 is 1.21 bits per heavy atom. The molecule has 1 rings (SSSR count). The first kappa shape index (κ1) is 25.4.